The first-order valence-corrected chi connectivity index (χ1v) is 7.92. The molecule has 8 nitrogen and oxygen atoms in total. The summed E-state index contributed by atoms with van der Waals surface area (Å²) in [6, 6.07) is 3.45. The topological polar surface area (TPSA) is 115 Å². The van der Waals surface area contributed by atoms with Crippen molar-refractivity contribution in [3.63, 3.8) is 0 Å². The summed E-state index contributed by atoms with van der Waals surface area (Å²) in [6.45, 7) is 1.19. The highest BCUT2D eigenvalue weighted by Crippen LogP contribution is 2.32. The molecular weight excluding hydrogens is 298 g/mol. The Bertz CT molecular complexity index is 570. The van der Waals surface area contributed by atoms with Crippen molar-refractivity contribution in [3.05, 3.63) is 12.1 Å². The molecule has 0 aromatic carbocycles. The van der Waals surface area contributed by atoms with Crippen LogP contribution in [0.2, 0.25) is 0 Å². The van der Waals surface area contributed by atoms with E-state index >= 15 is 0 Å². The molecule has 23 heavy (non-hydrogen) atoms. The number of rotatable bonds is 5. The fourth-order valence-corrected chi connectivity index (χ4v) is 3.46. The van der Waals surface area contributed by atoms with Crippen LogP contribution in [0.15, 0.2) is 12.1 Å². The van der Waals surface area contributed by atoms with Crippen molar-refractivity contribution in [2.75, 3.05) is 35.2 Å². The van der Waals surface area contributed by atoms with E-state index in [1.54, 1.807) is 12.1 Å². The minimum absolute atomic E-state index is 0.0303. The second-order valence-electron chi connectivity index (χ2n) is 6.10. The molecular formula is C15H23N5O3. The lowest BCUT2D eigenvalue weighted by Gasteiger charge is -2.29. The van der Waals surface area contributed by atoms with Crippen LogP contribution < -0.4 is 20.9 Å². The number of hydrogen-bond donors (Lipinski definition) is 4. The molecule has 2 aliphatic rings. The molecule has 5 N–H and O–H groups in total. The first-order valence-electron chi connectivity index (χ1n) is 7.92. The summed E-state index contributed by atoms with van der Waals surface area (Å²) in [6.07, 6.45) is 2.46. The lowest BCUT2D eigenvalue weighted by molar-refractivity contribution is -0.110. The van der Waals surface area contributed by atoms with Gasteiger partial charge in [0.25, 0.3) is 0 Å². The average Bonchev–Trinajstić information content (AvgIpc) is 3.14. The fraction of sp³-hybridized carbons (Fsp3) is 0.600. The number of nitrogens with one attached hydrogen (secondary N) is 1. The molecule has 0 saturated carbocycles. The average molecular weight is 321 g/mol. The molecule has 2 aliphatic heterocycles. The summed E-state index contributed by atoms with van der Waals surface area (Å²) < 4.78 is 0. The molecule has 1 aromatic heterocycles. The highest BCUT2D eigenvalue weighted by atomic mass is 16.3. The van der Waals surface area contributed by atoms with Crippen LogP contribution >= 0.6 is 0 Å². The third kappa shape index (κ3) is 3.04. The van der Waals surface area contributed by atoms with Crippen LogP contribution in [0.3, 0.4) is 0 Å². The number of aliphatic hydroxyl groups is 2. The predicted octanol–water partition coefficient (Wildman–Crippen LogP) is -0.732. The van der Waals surface area contributed by atoms with Gasteiger partial charge in [-0.2, -0.15) is 0 Å². The number of pyridine rings is 1. The maximum atomic E-state index is 10.8. The number of aromatic nitrogens is 1. The molecule has 0 aliphatic carbocycles. The number of carbonyl (C=O) groups excluding carboxylic acids is 1. The van der Waals surface area contributed by atoms with Gasteiger partial charge < -0.3 is 31.1 Å². The lowest BCUT2D eigenvalue weighted by atomic mass is 10.2. The Morgan fingerprint density at radius 2 is 2.26 bits per heavy atom. The minimum Gasteiger partial charge on any atom is -0.396 e. The Morgan fingerprint density at radius 3 is 3.00 bits per heavy atom. The van der Waals surface area contributed by atoms with Crippen molar-refractivity contribution in [2.24, 2.45) is 0 Å². The standard InChI is InChI=1S/C15H23N5O3/c16-12-3-4-14(20-7-11(23)6-10(20)8-21)18-15(12)19-5-1-2-13(19)17-9-22/h3-4,9-11,13,21,23H,1-2,5-8,16H2,(H,17,22). The molecule has 8 heteroatoms. The summed E-state index contributed by atoms with van der Waals surface area (Å²) in [5.74, 6) is 1.32. The Labute approximate surface area is 134 Å². The largest absolute Gasteiger partial charge is 0.396 e. The Hall–Kier alpha value is -2.06. The first-order chi connectivity index (χ1) is 11.1. The normalized spacial score (nSPS) is 27.5. The van der Waals surface area contributed by atoms with Gasteiger partial charge in [0.2, 0.25) is 6.41 Å². The lowest BCUT2D eigenvalue weighted by Crippen LogP contribution is -2.41. The molecule has 0 radical (unpaired) electrons. The molecule has 126 valence electrons. The van der Waals surface area contributed by atoms with E-state index in [2.05, 4.69) is 10.3 Å². The zero-order chi connectivity index (χ0) is 16.4. The number of nitrogen functional groups attached to an aromatic ring is 1. The smallest absolute Gasteiger partial charge is 0.208 e. The van der Waals surface area contributed by atoms with Crippen LogP contribution in [0.5, 0.6) is 0 Å². The zero-order valence-electron chi connectivity index (χ0n) is 12.9. The Balaban J connectivity index is 1.89. The molecule has 0 spiro atoms. The van der Waals surface area contributed by atoms with Gasteiger partial charge in [-0.15, -0.1) is 0 Å². The molecule has 3 heterocycles. The van der Waals surface area contributed by atoms with Gasteiger partial charge in [-0.3, -0.25) is 4.79 Å². The molecule has 3 rings (SSSR count). The maximum absolute atomic E-state index is 10.8. The monoisotopic (exact) mass is 321 g/mol. The maximum Gasteiger partial charge on any atom is 0.208 e. The fourth-order valence-electron chi connectivity index (χ4n) is 3.46. The second-order valence-corrected chi connectivity index (χ2v) is 6.10. The van der Waals surface area contributed by atoms with E-state index in [0.29, 0.717) is 36.7 Å². The van der Waals surface area contributed by atoms with Gasteiger partial charge in [0.05, 0.1) is 24.4 Å². The number of amides is 1. The number of hydrogen-bond acceptors (Lipinski definition) is 7. The van der Waals surface area contributed by atoms with Crippen molar-refractivity contribution in [1.82, 2.24) is 10.3 Å². The zero-order valence-corrected chi connectivity index (χ0v) is 12.9. The van der Waals surface area contributed by atoms with Crippen molar-refractivity contribution >= 4 is 23.7 Å². The van der Waals surface area contributed by atoms with Gasteiger partial charge >= 0.3 is 0 Å². The molecule has 2 saturated heterocycles. The Kier molecular flexibility index (Phi) is 4.53. The van der Waals surface area contributed by atoms with Crippen LogP contribution in [0.25, 0.3) is 0 Å². The van der Waals surface area contributed by atoms with Crippen molar-refractivity contribution in [3.8, 4) is 0 Å². The highest BCUT2D eigenvalue weighted by Gasteiger charge is 2.33. The van der Waals surface area contributed by atoms with Crippen molar-refractivity contribution in [2.45, 2.75) is 37.6 Å². The van der Waals surface area contributed by atoms with Crippen LogP contribution in [0.4, 0.5) is 17.3 Å². The van der Waals surface area contributed by atoms with Gasteiger partial charge in [0, 0.05) is 13.1 Å². The molecule has 3 unspecified atom stereocenters. The van der Waals surface area contributed by atoms with Gasteiger partial charge in [-0.1, -0.05) is 0 Å². The minimum atomic E-state index is -0.466. The summed E-state index contributed by atoms with van der Waals surface area (Å²) in [5.41, 5.74) is 6.63. The summed E-state index contributed by atoms with van der Waals surface area (Å²) in [7, 11) is 0. The van der Waals surface area contributed by atoms with Crippen LogP contribution in [-0.2, 0) is 4.79 Å². The van der Waals surface area contributed by atoms with Gasteiger partial charge in [0.15, 0.2) is 5.82 Å². The number of aliphatic hydroxyl groups excluding tert-OH is 2. The highest BCUT2D eigenvalue weighted by molar-refractivity contribution is 5.68. The number of nitrogens with two attached hydrogens (primary N) is 1. The van der Waals surface area contributed by atoms with Gasteiger partial charge in [-0.25, -0.2) is 4.98 Å². The SMILES string of the molecule is Nc1ccc(N2CC(O)CC2CO)nc1N1CCCC1NC=O. The van der Waals surface area contributed by atoms with Crippen molar-refractivity contribution in [1.29, 1.82) is 0 Å². The van der Waals surface area contributed by atoms with Crippen molar-refractivity contribution < 1.29 is 15.0 Å². The number of β-amino-alcohol motifs (C(OH)–C–C–N with tert-alkyl or cyclic N) is 1. The van der Waals surface area contributed by atoms with E-state index in [0.717, 1.165) is 19.4 Å². The van der Waals surface area contributed by atoms with E-state index in [1.165, 1.54) is 0 Å². The van der Waals surface area contributed by atoms with Crippen LogP contribution in [0, 0.1) is 0 Å². The van der Waals surface area contributed by atoms with E-state index in [4.69, 9.17) is 5.73 Å². The van der Waals surface area contributed by atoms with Crippen LogP contribution in [-0.4, -0.2) is 59.6 Å². The quantitative estimate of drug-likeness (QED) is 0.528. The third-order valence-electron chi connectivity index (χ3n) is 4.57. The summed E-state index contributed by atoms with van der Waals surface area (Å²) in [5, 5.41) is 22.1. The Morgan fingerprint density at radius 1 is 1.43 bits per heavy atom. The molecule has 2 fully saturated rings. The summed E-state index contributed by atoms with van der Waals surface area (Å²) in [4.78, 5) is 19.3. The summed E-state index contributed by atoms with van der Waals surface area (Å²) >= 11 is 0. The van der Waals surface area contributed by atoms with Crippen LogP contribution in [0.1, 0.15) is 19.3 Å². The second kappa shape index (κ2) is 6.59. The molecule has 1 aromatic rings. The van der Waals surface area contributed by atoms with Gasteiger partial charge in [-0.05, 0) is 31.4 Å². The van der Waals surface area contributed by atoms with E-state index in [-0.39, 0.29) is 18.8 Å². The number of nitrogens with zero attached hydrogens (tertiary/aromatic N) is 3. The predicted molar refractivity (Wildman–Crippen MR) is 87.1 cm³/mol. The molecule has 3 atom stereocenters. The van der Waals surface area contributed by atoms with Gasteiger partial charge in [0.1, 0.15) is 12.0 Å². The number of carbonyl (C=O) groups is 1. The molecule has 1 amide bonds. The van der Waals surface area contributed by atoms with E-state index in [1.807, 2.05) is 9.80 Å². The van der Waals surface area contributed by atoms with E-state index < -0.39 is 6.10 Å². The third-order valence-corrected chi connectivity index (χ3v) is 4.57. The first kappa shape index (κ1) is 15.8. The number of anilines is 3. The molecule has 0 bridgehead atoms. The van der Waals surface area contributed by atoms with E-state index in [9.17, 15) is 15.0 Å².